The Balaban J connectivity index is 2.64. The van der Waals surface area contributed by atoms with Gasteiger partial charge >= 0.3 is 5.69 Å². The number of aromatic nitrogens is 2. The van der Waals surface area contributed by atoms with Gasteiger partial charge in [-0.05, 0) is 41.5 Å². The Kier molecular flexibility index (Phi) is 11.3. The zero-order chi connectivity index (χ0) is 30.1. The van der Waals surface area contributed by atoms with Crippen LogP contribution in [0.3, 0.4) is 0 Å². The van der Waals surface area contributed by atoms with Crippen LogP contribution in [0.25, 0.3) is 4.85 Å². The number of hydrogen-bond acceptors (Lipinski definition) is 9. The summed E-state index contributed by atoms with van der Waals surface area (Å²) in [5.41, 5.74) is -1.08. The van der Waals surface area contributed by atoms with Crippen LogP contribution in [0.4, 0.5) is 0 Å². The molecule has 13 nitrogen and oxygen atoms in total. The molecule has 214 valence electrons. The minimum Gasteiger partial charge on any atom is -0.379 e. The average Bonchev–Trinajstić information content (AvgIpc) is 3.21. The molecule has 38 heavy (non-hydrogen) atoms. The zero-order valence-corrected chi connectivity index (χ0v) is 23.8. The number of carbonyl (C=O) groups excluding carboxylic acids is 1. The Hall–Kier alpha value is -2.17. The van der Waals surface area contributed by atoms with E-state index >= 15 is 0 Å². The number of aryl methyl sites for hydroxylation is 1. The first-order valence-corrected chi connectivity index (χ1v) is 13.5. The quantitative estimate of drug-likeness (QED) is 0.197. The fraction of sp³-hybridized carbons (Fsp3) is 0.750. The highest BCUT2D eigenvalue weighted by Crippen LogP contribution is 2.50. The van der Waals surface area contributed by atoms with E-state index in [4.69, 9.17) is 32.6 Å². The summed E-state index contributed by atoms with van der Waals surface area (Å²) in [6, 6.07) is -0.0466. The third kappa shape index (κ3) is 7.93. The standard InChI is InChI=1S/C24H40N5O8P/c1-14(2)29(15(3)4)38(35-11-10-25-7)37-20-19(17(6)33-9)36-23(21(20)34-13-18(30)26-8)28-12-16(5)22(31)27-24(28)32/h12,14-15,17,19-21,23H,10-11,13H2,1-6,8-9H3,(H,26,30)(H,27,31,32)/t17-,19+,20+,21+,23+,38?/m0/s1/i9TD/t9?,17-,19+,20+,21+,23+,38?. The van der Waals surface area contributed by atoms with Gasteiger partial charge in [-0.1, -0.05) is 0 Å². The van der Waals surface area contributed by atoms with E-state index < -0.39 is 70.0 Å². The third-order valence-corrected chi connectivity index (χ3v) is 8.00. The Morgan fingerprint density at radius 2 is 2.05 bits per heavy atom. The molecule has 0 radical (unpaired) electrons. The maximum Gasteiger partial charge on any atom is 0.330 e. The number of H-pyrrole nitrogens is 1. The topological polar surface area (TPSA) is 138 Å². The number of rotatable bonds is 14. The van der Waals surface area contributed by atoms with E-state index in [-0.39, 0.29) is 30.8 Å². The van der Waals surface area contributed by atoms with Crippen molar-refractivity contribution in [3.8, 4) is 0 Å². The highest BCUT2D eigenvalue weighted by atomic mass is 31.2. The monoisotopic (exact) mass is 560 g/mol. The van der Waals surface area contributed by atoms with Gasteiger partial charge in [0.05, 0.1) is 8.85 Å². The second kappa shape index (κ2) is 14.8. The molecule has 7 atom stereocenters. The molecule has 0 saturated carbocycles. The molecule has 0 aromatic carbocycles. The van der Waals surface area contributed by atoms with Gasteiger partial charge in [0.2, 0.25) is 12.5 Å². The molecule has 1 aliphatic rings. The van der Waals surface area contributed by atoms with E-state index in [2.05, 4.69) is 15.1 Å². The van der Waals surface area contributed by atoms with Crippen molar-refractivity contribution in [2.75, 3.05) is 33.9 Å². The van der Waals surface area contributed by atoms with E-state index in [1.807, 2.05) is 32.4 Å². The first-order valence-electron chi connectivity index (χ1n) is 13.5. The van der Waals surface area contributed by atoms with E-state index in [0.29, 0.717) is 0 Å². The fourth-order valence-electron chi connectivity index (χ4n) is 4.05. The van der Waals surface area contributed by atoms with Crippen LogP contribution in [-0.2, 0) is 28.1 Å². The van der Waals surface area contributed by atoms with Crippen LogP contribution in [0.2, 0.25) is 0 Å². The molecule has 2 rings (SSSR count). The SMILES string of the molecule is [2H]C([3H])O[C@@H](C)[C@H]1O[C@@H](n2cc(C)c(=O)[nH]c2=O)[C@H](OCC(=O)NC)[C@@H]1OP(OCC[N+]#[C-])N(C(C)C)C(C)C. The molecule has 0 aliphatic carbocycles. The van der Waals surface area contributed by atoms with Gasteiger partial charge in [-0.25, -0.2) is 16.0 Å². The number of methoxy groups -OCH3 is 1. The molecule has 0 bridgehead atoms. The Bertz CT molecular complexity index is 1120. The van der Waals surface area contributed by atoms with Gasteiger partial charge in [-0.3, -0.25) is 19.1 Å². The summed E-state index contributed by atoms with van der Waals surface area (Å²) >= 11 is 0. The lowest BCUT2D eigenvalue weighted by Gasteiger charge is -2.38. The summed E-state index contributed by atoms with van der Waals surface area (Å²) in [6.07, 6.45) is -3.80. The van der Waals surface area contributed by atoms with Crippen molar-refractivity contribution in [1.82, 2.24) is 19.5 Å². The van der Waals surface area contributed by atoms with Gasteiger partial charge in [-0.15, -0.1) is 0 Å². The number of nitrogens with zero attached hydrogens (tertiary/aromatic N) is 3. The second-order valence-corrected chi connectivity index (χ2v) is 10.8. The number of hydrogen-bond donors (Lipinski definition) is 2. The molecular weight excluding hydrogens is 517 g/mol. The van der Waals surface area contributed by atoms with Crippen LogP contribution < -0.4 is 16.6 Å². The van der Waals surface area contributed by atoms with Gasteiger partial charge in [0.25, 0.3) is 14.1 Å². The molecule has 1 aromatic heterocycles. The summed E-state index contributed by atoms with van der Waals surface area (Å²) in [4.78, 5) is 42.7. The van der Waals surface area contributed by atoms with Crippen molar-refractivity contribution in [3.63, 3.8) is 0 Å². The molecule has 1 amide bonds. The summed E-state index contributed by atoms with van der Waals surface area (Å²) in [6.45, 7) is 18.0. The molecule has 1 aromatic rings. The maximum absolute atomic E-state index is 12.9. The molecule has 1 saturated heterocycles. The van der Waals surface area contributed by atoms with Crippen LogP contribution in [0.1, 0.15) is 49.2 Å². The summed E-state index contributed by atoms with van der Waals surface area (Å²) in [5, 5.41) is 2.48. The van der Waals surface area contributed by atoms with Crippen molar-refractivity contribution in [1.29, 1.82) is 0 Å². The van der Waals surface area contributed by atoms with Crippen LogP contribution >= 0.6 is 8.53 Å². The van der Waals surface area contributed by atoms with Crippen molar-refractivity contribution in [2.24, 2.45) is 0 Å². The Morgan fingerprint density at radius 1 is 1.37 bits per heavy atom. The largest absolute Gasteiger partial charge is 0.379 e. The second-order valence-electron chi connectivity index (χ2n) is 9.35. The predicted molar refractivity (Wildman–Crippen MR) is 142 cm³/mol. The molecule has 1 fully saturated rings. The third-order valence-electron chi connectivity index (χ3n) is 5.87. The molecule has 0 spiro atoms. The minimum absolute atomic E-state index is 0.0233. The smallest absolute Gasteiger partial charge is 0.330 e. The lowest BCUT2D eigenvalue weighted by atomic mass is 10.1. The highest BCUT2D eigenvalue weighted by Gasteiger charge is 2.52. The van der Waals surface area contributed by atoms with Crippen LogP contribution in [0, 0.1) is 13.5 Å². The first kappa shape index (κ1) is 28.8. The van der Waals surface area contributed by atoms with Gasteiger partial charge in [0.15, 0.2) is 6.23 Å². The zero-order valence-electron chi connectivity index (χ0n) is 24.9. The van der Waals surface area contributed by atoms with Crippen molar-refractivity contribution < 1.29 is 30.8 Å². The fourth-order valence-corrected chi connectivity index (χ4v) is 5.80. The minimum atomic E-state index is -1.83. The van der Waals surface area contributed by atoms with Crippen molar-refractivity contribution >= 4 is 14.4 Å². The molecular formula is C24H40N5O8P. The van der Waals surface area contributed by atoms with E-state index in [9.17, 15) is 14.4 Å². The lowest BCUT2D eigenvalue weighted by Crippen LogP contribution is -2.45. The van der Waals surface area contributed by atoms with Gasteiger partial charge in [0, 0.05) is 38.0 Å². The molecule has 2 heterocycles. The van der Waals surface area contributed by atoms with Crippen LogP contribution in [0.5, 0.6) is 0 Å². The van der Waals surface area contributed by atoms with Crippen LogP contribution in [-0.4, -0.2) is 90.5 Å². The number of likely N-dealkylation sites (N-methyl/N-ethyl adjacent to an activating group) is 1. The Morgan fingerprint density at radius 3 is 2.63 bits per heavy atom. The molecule has 2 unspecified atom stereocenters. The van der Waals surface area contributed by atoms with Crippen LogP contribution in [0.15, 0.2) is 15.8 Å². The Labute approximate surface area is 227 Å². The molecule has 1 aliphatic heterocycles. The first-order chi connectivity index (χ1) is 18.8. The maximum atomic E-state index is 12.9. The number of nitrogens with one attached hydrogen (secondary N) is 2. The van der Waals surface area contributed by atoms with E-state index in [0.717, 1.165) is 4.57 Å². The summed E-state index contributed by atoms with van der Waals surface area (Å²) in [7, 11) is -2.01. The number of amides is 1. The summed E-state index contributed by atoms with van der Waals surface area (Å²) in [5.74, 6) is -0.436. The molecule has 14 heteroatoms. The van der Waals surface area contributed by atoms with Crippen molar-refractivity contribution in [3.05, 3.63) is 44.0 Å². The summed E-state index contributed by atoms with van der Waals surface area (Å²) < 4.78 is 48.7. The number of ether oxygens (including phenoxy) is 3. The van der Waals surface area contributed by atoms with E-state index in [1.165, 1.54) is 20.2 Å². The van der Waals surface area contributed by atoms with Gasteiger partial charge in [-0.2, -0.15) is 0 Å². The van der Waals surface area contributed by atoms with Crippen molar-refractivity contribution in [2.45, 2.75) is 84.3 Å². The highest BCUT2D eigenvalue weighted by molar-refractivity contribution is 7.44. The average molecular weight is 561 g/mol. The predicted octanol–water partition coefficient (Wildman–Crippen LogP) is 1.58. The van der Waals surface area contributed by atoms with E-state index in [1.54, 1.807) is 6.92 Å². The number of carbonyl (C=O) groups is 1. The number of aromatic amines is 1. The lowest BCUT2D eigenvalue weighted by molar-refractivity contribution is -0.132. The van der Waals surface area contributed by atoms with Gasteiger partial charge in [0.1, 0.15) is 31.5 Å². The normalized spacial score (nSPS) is 24.7. The van der Waals surface area contributed by atoms with Gasteiger partial charge < -0.3 is 33.4 Å². The molecule has 2 N–H and O–H groups in total.